The molecule has 0 radical (unpaired) electrons. The lowest BCUT2D eigenvalue weighted by Crippen LogP contribution is -2.31. The van der Waals surface area contributed by atoms with E-state index in [1.165, 1.54) is 0 Å². The average molecular weight is 286 g/mol. The first-order valence-corrected chi connectivity index (χ1v) is 6.43. The van der Waals surface area contributed by atoms with Gasteiger partial charge >= 0.3 is 0 Å². The molecular weight excluding hydrogens is 266 g/mol. The number of rotatable bonds is 7. The van der Waals surface area contributed by atoms with E-state index in [0.29, 0.717) is 29.5 Å². The van der Waals surface area contributed by atoms with Gasteiger partial charge in [-0.05, 0) is 31.7 Å². The largest absolute Gasteiger partial charge is 0.397 e. The van der Waals surface area contributed by atoms with Gasteiger partial charge in [-0.1, -0.05) is 11.6 Å². The number of methoxy groups -OCH3 is 1. The Bertz CT molecular complexity index is 426. The van der Waals surface area contributed by atoms with Gasteiger partial charge in [0.2, 0.25) is 5.91 Å². The van der Waals surface area contributed by atoms with Crippen LogP contribution in [0.4, 0.5) is 11.4 Å². The zero-order valence-corrected chi connectivity index (χ0v) is 12.0. The lowest BCUT2D eigenvalue weighted by molar-refractivity contribution is -0.117. The molecule has 0 aliphatic heterocycles. The number of nitrogens with two attached hydrogens (primary N) is 1. The van der Waals surface area contributed by atoms with Crippen LogP contribution in [-0.4, -0.2) is 44.7 Å². The van der Waals surface area contributed by atoms with E-state index in [9.17, 15) is 4.79 Å². The van der Waals surface area contributed by atoms with Crippen LogP contribution in [0.2, 0.25) is 5.02 Å². The van der Waals surface area contributed by atoms with E-state index in [-0.39, 0.29) is 5.91 Å². The van der Waals surface area contributed by atoms with E-state index in [0.717, 1.165) is 13.0 Å². The van der Waals surface area contributed by atoms with E-state index in [4.69, 9.17) is 22.1 Å². The highest BCUT2D eigenvalue weighted by atomic mass is 35.5. The predicted molar refractivity (Wildman–Crippen MR) is 78.5 cm³/mol. The van der Waals surface area contributed by atoms with Gasteiger partial charge in [-0.2, -0.15) is 0 Å². The molecule has 1 amide bonds. The summed E-state index contributed by atoms with van der Waals surface area (Å²) in [5.41, 5.74) is 6.81. The number of amides is 1. The molecule has 0 heterocycles. The Labute approximate surface area is 118 Å². The molecule has 19 heavy (non-hydrogen) atoms. The van der Waals surface area contributed by atoms with E-state index in [1.807, 2.05) is 11.9 Å². The number of anilines is 2. The number of nitrogens with zero attached hydrogens (tertiary/aromatic N) is 1. The zero-order chi connectivity index (χ0) is 14.3. The first kappa shape index (κ1) is 15.8. The van der Waals surface area contributed by atoms with Crippen LogP contribution in [0.5, 0.6) is 0 Å². The topological polar surface area (TPSA) is 67.6 Å². The van der Waals surface area contributed by atoms with Crippen molar-refractivity contribution in [2.24, 2.45) is 0 Å². The van der Waals surface area contributed by atoms with Gasteiger partial charge < -0.3 is 15.8 Å². The van der Waals surface area contributed by atoms with Crippen molar-refractivity contribution in [1.29, 1.82) is 0 Å². The SMILES string of the molecule is COCCCN(C)CC(=O)Nc1ccc(Cl)cc1N. The van der Waals surface area contributed by atoms with Gasteiger partial charge in [0.25, 0.3) is 0 Å². The van der Waals surface area contributed by atoms with Crippen LogP contribution in [0.3, 0.4) is 0 Å². The Morgan fingerprint density at radius 1 is 1.53 bits per heavy atom. The molecule has 0 fully saturated rings. The minimum Gasteiger partial charge on any atom is -0.397 e. The minimum absolute atomic E-state index is 0.103. The second-order valence-corrected chi connectivity index (χ2v) is 4.80. The highest BCUT2D eigenvalue weighted by Crippen LogP contribution is 2.22. The number of carbonyl (C=O) groups is 1. The lowest BCUT2D eigenvalue weighted by Gasteiger charge is -2.16. The van der Waals surface area contributed by atoms with Crippen molar-refractivity contribution < 1.29 is 9.53 Å². The third-order valence-corrected chi connectivity index (χ3v) is 2.82. The maximum Gasteiger partial charge on any atom is 0.238 e. The summed E-state index contributed by atoms with van der Waals surface area (Å²) in [5, 5.41) is 3.31. The Hall–Kier alpha value is -1.30. The molecule has 0 aromatic heterocycles. The van der Waals surface area contributed by atoms with Crippen molar-refractivity contribution >= 4 is 28.9 Å². The molecular formula is C13H20ClN3O2. The molecule has 3 N–H and O–H groups in total. The highest BCUT2D eigenvalue weighted by molar-refractivity contribution is 6.31. The van der Waals surface area contributed by atoms with Gasteiger partial charge in [-0.3, -0.25) is 9.69 Å². The Morgan fingerprint density at radius 3 is 2.89 bits per heavy atom. The quantitative estimate of drug-likeness (QED) is 0.592. The Kier molecular flexibility index (Phi) is 6.62. The van der Waals surface area contributed by atoms with Gasteiger partial charge in [0.1, 0.15) is 0 Å². The van der Waals surface area contributed by atoms with Crippen molar-refractivity contribution in [3.63, 3.8) is 0 Å². The summed E-state index contributed by atoms with van der Waals surface area (Å²) in [6.45, 7) is 1.80. The molecule has 1 rings (SSSR count). The van der Waals surface area contributed by atoms with Crippen LogP contribution in [0.1, 0.15) is 6.42 Å². The van der Waals surface area contributed by atoms with Crippen LogP contribution in [-0.2, 0) is 9.53 Å². The number of halogens is 1. The molecule has 0 unspecified atom stereocenters. The summed E-state index contributed by atoms with van der Waals surface area (Å²) < 4.78 is 4.96. The second kappa shape index (κ2) is 7.99. The summed E-state index contributed by atoms with van der Waals surface area (Å²) in [4.78, 5) is 13.8. The summed E-state index contributed by atoms with van der Waals surface area (Å²) in [5.74, 6) is -0.103. The number of nitrogen functional groups attached to an aromatic ring is 1. The highest BCUT2D eigenvalue weighted by Gasteiger charge is 2.08. The molecule has 1 aromatic carbocycles. The Balaban J connectivity index is 2.42. The van der Waals surface area contributed by atoms with E-state index >= 15 is 0 Å². The smallest absolute Gasteiger partial charge is 0.238 e. The second-order valence-electron chi connectivity index (χ2n) is 4.36. The summed E-state index contributed by atoms with van der Waals surface area (Å²) in [6, 6.07) is 5.00. The number of hydrogen-bond acceptors (Lipinski definition) is 4. The summed E-state index contributed by atoms with van der Waals surface area (Å²) in [6.07, 6.45) is 0.892. The first-order chi connectivity index (χ1) is 9.02. The summed E-state index contributed by atoms with van der Waals surface area (Å²) >= 11 is 5.80. The number of carbonyl (C=O) groups excluding carboxylic acids is 1. The maximum atomic E-state index is 11.8. The van der Waals surface area contributed by atoms with E-state index in [2.05, 4.69) is 5.32 Å². The number of likely N-dealkylation sites (N-methyl/N-ethyl adjacent to an activating group) is 1. The molecule has 0 aliphatic rings. The molecule has 0 bridgehead atoms. The first-order valence-electron chi connectivity index (χ1n) is 6.05. The van der Waals surface area contributed by atoms with E-state index < -0.39 is 0 Å². The fraction of sp³-hybridized carbons (Fsp3) is 0.462. The van der Waals surface area contributed by atoms with Gasteiger partial charge in [0.05, 0.1) is 17.9 Å². The third-order valence-electron chi connectivity index (χ3n) is 2.59. The molecule has 0 atom stereocenters. The van der Waals surface area contributed by atoms with Gasteiger partial charge in [0.15, 0.2) is 0 Å². The van der Waals surface area contributed by atoms with Crippen molar-refractivity contribution in [2.45, 2.75) is 6.42 Å². The normalized spacial score (nSPS) is 10.7. The van der Waals surface area contributed by atoms with Gasteiger partial charge in [-0.25, -0.2) is 0 Å². The number of hydrogen-bond donors (Lipinski definition) is 2. The fourth-order valence-corrected chi connectivity index (χ4v) is 1.82. The monoisotopic (exact) mass is 285 g/mol. The number of benzene rings is 1. The summed E-state index contributed by atoms with van der Waals surface area (Å²) in [7, 11) is 3.55. The van der Waals surface area contributed by atoms with Crippen molar-refractivity contribution in [3.8, 4) is 0 Å². The molecule has 5 nitrogen and oxygen atoms in total. The molecule has 106 valence electrons. The molecule has 0 saturated heterocycles. The lowest BCUT2D eigenvalue weighted by atomic mass is 10.2. The van der Waals surface area contributed by atoms with Crippen LogP contribution in [0.25, 0.3) is 0 Å². The number of nitrogens with one attached hydrogen (secondary N) is 1. The minimum atomic E-state index is -0.103. The standard InChI is InChI=1S/C13H20ClN3O2/c1-17(6-3-7-19-2)9-13(18)16-12-5-4-10(14)8-11(12)15/h4-5,8H,3,6-7,9,15H2,1-2H3,(H,16,18). The Morgan fingerprint density at radius 2 is 2.26 bits per heavy atom. The van der Waals surface area contributed by atoms with Crippen LogP contribution in [0, 0.1) is 0 Å². The molecule has 6 heteroatoms. The predicted octanol–water partition coefficient (Wildman–Crippen LogP) is 1.83. The van der Waals surface area contributed by atoms with Crippen LogP contribution >= 0.6 is 11.6 Å². The average Bonchev–Trinajstić information content (AvgIpc) is 2.33. The molecule has 1 aromatic rings. The third kappa shape index (κ3) is 5.92. The van der Waals surface area contributed by atoms with Crippen molar-refractivity contribution in [1.82, 2.24) is 4.90 Å². The zero-order valence-electron chi connectivity index (χ0n) is 11.3. The van der Waals surface area contributed by atoms with Crippen LogP contribution < -0.4 is 11.1 Å². The molecule has 0 saturated carbocycles. The number of ether oxygens (including phenoxy) is 1. The fourth-order valence-electron chi connectivity index (χ4n) is 1.64. The van der Waals surface area contributed by atoms with Crippen LogP contribution in [0.15, 0.2) is 18.2 Å². The molecule has 0 aliphatic carbocycles. The van der Waals surface area contributed by atoms with E-state index in [1.54, 1.807) is 25.3 Å². The van der Waals surface area contributed by atoms with Gasteiger partial charge in [0, 0.05) is 25.3 Å². The molecule has 0 spiro atoms. The maximum absolute atomic E-state index is 11.8. The van der Waals surface area contributed by atoms with Crippen molar-refractivity contribution in [3.05, 3.63) is 23.2 Å². The van der Waals surface area contributed by atoms with Crippen molar-refractivity contribution in [2.75, 3.05) is 44.9 Å². The van der Waals surface area contributed by atoms with Gasteiger partial charge in [-0.15, -0.1) is 0 Å².